The Morgan fingerprint density at radius 1 is 1.16 bits per heavy atom. The maximum atomic E-state index is 12.2. The van der Waals surface area contributed by atoms with Gasteiger partial charge in [-0.1, -0.05) is 48.5 Å². The average Bonchev–Trinajstić information content (AvgIpc) is 2.94. The number of aliphatic hydroxyl groups excluding tert-OH is 1. The minimum Gasteiger partial charge on any atom is -0.449 e. The van der Waals surface area contributed by atoms with Crippen molar-refractivity contribution >= 4 is 17.9 Å². The summed E-state index contributed by atoms with van der Waals surface area (Å²) in [5, 5.41) is 11.9. The number of benzene rings is 2. The second-order valence-electron chi connectivity index (χ2n) is 6.13. The third-order valence-corrected chi connectivity index (χ3v) is 5.25. The van der Waals surface area contributed by atoms with Crippen LogP contribution in [0.4, 0.5) is 4.79 Å². The molecule has 5 heteroatoms. The summed E-state index contributed by atoms with van der Waals surface area (Å²) in [5.41, 5.74) is 4.83. The number of ether oxygens (including phenoxy) is 1. The highest BCUT2D eigenvalue weighted by Crippen LogP contribution is 2.44. The Hall–Kier alpha value is -1.98. The van der Waals surface area contributed by atoms with Gasteiger partial charge in [0.25, 0.3) is 0 Å². The van der Waals surface area contributed by atoms with E-state index >= 15 is 0 Å². The Labute approximate surface area is 152 Å². The van der Waals surface area contributed by atoms with Gasteiger partial charge >= 0.3 is 6.09 Å². The average molecular weight is 357 g/mol. The highest BCUT2D eigenvalue weighted by atomic mass is 32.2. The number of alkyl carbamates (subject to hydrolysis) is 1. The molecule has 0 fully saturated rings. The Bertz CT molecular complexity index is 683. The zero-order chi connectivity index (χ0) is 17.6. The van der Waals surface area contributed by atoms with Gasteiger partial charge in [0, 0.05) is 24.3 Å². The van der Waals surface area contributed by atoms with E-state index in [0.717, 1.165) is 5.75 Å². The molecule has 0 bridgehead atoms. The monoisotopic (exact) mass is 357 g/mol. The quantitative estimate of drug-likeness (QED) is 0.794. The van der Waals surface area contributed by atoms with Crippen molar-refractivity contribution in [1.29, 1.82) is 0 Å². The fourth-order valence-electron chi connectivity index (χ4n) is 3.36. The van der Waals surface area contributed by atoms with Crippen LogP contribution < -0.4 is 5.32 Å². The molecular weight excluding hydrogens is 334 g/mol. The summed E-state index contributed by atoms with van der Waals surface area (Å²) in [6.07, 6.45) is 2.09. The third kappa shape index (κ3) is 3.99. The minimum absolute atomic E-state index is 0.0505. The van der Waals surface area contributed by atoms with E-state index in [2.05, 4.69) is 29.6 Å². The molecule has 0 saturated carbocycles. The number of rotatable bonds is 7. The SMILES string of the molecule is CSCC(CCO)NC(=O)OCC1c2ccccc2-c2ccccc21. The van der Waals surface area contributed by atoms with Crippen molar-refractivity contribution in [3.63, 3.8) is 0 Å². The number of carbonyl (C=O) groups excluding carboxylic acids is 1. The van der Waals surface area contributed by atoms with E-state index in [-0.39, 0.29) is 18.6 Å². The fraction of sp³-hybridized carbons (Fsp3) is 0.350. The zero-order valence-electron chi connectivity index (χ0n) is 14.3. The Kier molecular flexibility index (Phi) is 6.00. The van der Waals surface area contributed by atoms with Crippen molar-refractivity contribution in [3.05, 3.63) is 59.7 Å². The molecule has 0 spiro atoms. The van der Waals surface area contributed by atoms with E-state index in [0.29, 0.717) is 13.0 Å². The molecule has 1 unspecified atom stereocenters. The molecule has 2 aromatic rings. The first-order valence-electron chi connectivity index (χ1n) is 8.46. The van der Waals surface area contributed by atoms with Gasteiger partial charge < -0.3 is 15.2 Å². The molecule has 0 heterocycles. The van der Waals surface area contributed by atoms with Gasteiger partial charge in [-0.25, -0.2) is 4.79 Å². The van der Waals surface area contributed by atoms with Gasteiger partial charge in [0.05, 0.1) is 0 Å². The topological polar surface area (TPSA) is 58.6 Å². The number of amides is 1. The summed E-state index contributed by atoms with van der Waals surface area (Å²) in [6.45, 7) is 0.361. The molecule has 1 atom stereocenters. The smallest absolute Gasteiger partial charge is 0.407 e. The minimum atomic E-state index is -0.422. The summed E-state index contributed by atoms with van der Waals surface area (Å²) in [6, 6.07) is 16.5. The summed E-state index contributed by atoms with van der Waals surface area (Å²) in [7, 11) is 0. The maximum absolute atomic E-state index is 12.2. The van der Waals surface area contributed by atoms with Gasteiger partial charge in [-0.15, -0.1) is 0 Å². The van der Waals surface area contributed by atoms with Crippen molar-refractivity contribution in [3.8, 4) is 11.1 Å². The normalized spacial score (nSPS) is 13.8. The Balaban J connectivity index is 1.68. The second-order valence-corrected chi connectivity index (χ2v) is 7.05. The maximum Gasteiger partial charge on any atom is 0.407 e. The van der Waals surface area contributed by atoms with E-state index < -0.39 is 6.09 Å². The van der Waals surface area contributed by atoms with Crippen LogP contribution in [0.1, 0.15) is 23.5 Å². The van der Waals surface area contributed by atoms with Gasteiger partial charge in [-0.2, -0.15) is 11.8 Å². The van der Waals surface area contributed by atoms with Gasteiger partial charge in [-0.05, 0) is 34.9 Å². The standard InChI is InChI=1S/C20H23NO3S/c1-25-13-14(10-11-22)21-20(23)24-12-19-17-8-4-2-6-15(17)16-7-3-5-9-18(16)19/h2-9,14,19,22H,10-13H2,1H3,(H,21,23). The van der Waals surface area contributed by atoms with E-state index in [9.17, 15) is 4.79 Å². The molecule has 0 radical (unpaired) electrons. The van der Waals surface area contributed by atoms with E-state index in [1.54, 1.807) is 11.8 Å². The number of aliphatic hydroxyl groups is 1. The number of nitrogens with one attached hydrogen (secondary N) is 1. The van der Waals surface area contributed by atoms with Crippen LogP contribution >= 0.6 is 11.8 Å². The molecule has 0 saturated heterocycles. The highest BCUT2D eigenvalue weighted by Gasteiger charge is 2.29. The summed E-state index contributed by atoms with van der Waals surface area (Å²) in [5.74, 6) is 0.820. The first-order valence-corrected chi connectivity index (χ1v) is 9.85. The van der Waals surface area contributed by atoms with Crippen molar-refractivity contribution in [2.45, 2.75) is 18.4 Å². The third-order valence-electron chi connectivity index (χ3n) is 4.51. The fourth-order valence-corrected chi connectivity index (χ4v) is 4.01. The molecular formula is C20H23NO3S. The number of fused-ring (bicyclic) bond motifs is 3. The van der Waals surface area contributed by atoms with Crippen LogP contribution in [0.3, 0.4) is 0 Å². The van der Waals surface area contributed by atoms with Gasteiger partial charge in [0.2, 0.25) is 0 Å². The molecule has 3 rings (SSSR count). The van der Waals surface area contributed by atoms with Crippen LogP contribution in [0.25, 0.3) is 11.1 Å². The zero-order valence-corrected chi connectivity index (χ0v) is 15.1. The van der Waals surface area contributed by atoms with Crippen LogP contribution in [0, 0.1) is 0 Å². The van der Waals surface area contributed by atoms with Crippen LogP contribution in [0.15, 0.2) is 48.5 Å². The number of hydrogen-bond acceptors (Lipinski definition) is 4. The van der Waals surface area contributed by atoms with Gasteiger partial charge in [0.15, 0.2) is 0 Å². The highest BCUT2D eigenvalue weighted by molar-refractivity contribution is 7.98. The van der Waals surface area contributed by atoms with Crippen LogP contribution in [0.5, 0.6) is 0 Å². The van der Waals surface area contributed by atoms with E-state index in [1.165, 1.54) is 22.3 Å². The summed E-state index contributed by atoms with van der Waals surface area (Å²) in [4.78, 5) is 12.2. The molecule has 1 aliphatic rings. The molecule has 2 N–H and O–H groups in total. The molecule has 0 aliphatic heterocycles. The van der Waals surface area contributed by atoms with Crippen LogP contribution in [-0.4, -0.2) is 42.5 Å². The van der Waals surface area contributed by atoms with Crippen molar-refractivity contribution in [2.24, 2.45) is 0 Å². The van der Waals surface area contributed by atoms with E-state index in [4.69, 9.17) is 9.84 Å². The van der Waals surface area contributed by atoms with Gasteiger partial charge in [-0.3, -0.25) is 0 Å². The van der Waals surface area contributed by atoms with Crippen LogP contribution in [-0.2, 0) is 4.74 Å². The molecule has 132 valence electrons. The predicted octanol–water partition coefficient (Wildman–Crippen LogP) is 3.64. The molecule has 25 heavy (non-hydrogen) atoms. The second kappa shape index (κ2) is 8.41. The Morgan fingerprint density at radius 3 is 2.32 bits per heavy atom. The summed E-state index contributed by atoms with van der Waals surface area (Å²) >= 11 is 1.64. The lowest BCUT2D eigenvalue weighted by Crippen LogP contribution is -2.38. The van der Waals surface area contributed by atoms with E-state index in [1.807, 2.05) is 30.5 Å². The van der Waals surface area contributed by atoms with Crippen LogP contribution in [0.2, 0.25) is 0 Å². The lowest BCUT2D eigenvalue weighted by Gasteiger charge is -2.18. The molecule has 1 amide bonds. The molecule has 4 nitrogen and oxygen atoms in total. The molecule has 0 aromatic heterocycles. The largest absolute Gasteiger partial charge is 0.449 e. The van der Waals surface area contributed by atoms with Crippen molar-refractivity contribution < 1.29 is 14.6 Å². The molecule has 2 aromatic carbocycles. The van der Waals surface area contributed by atoms with Gasteiger partial charge in [0.1, 0.15) is 6.61 Å². The lowest BCUT2D eigenvalue weighted by atomic mass is 9.98. The first kappa shape index (κ1) is 17.8. The summed E-state index contributed by atoms with van der Waals surface area (Å²) < 4.78 is 5.52. The number of hydrogen-bond donors (Lipinski definition) is 2. The molecule has 1 aliphatic carbocycles. The number of thioether (sulfide) groups is 1. The Morgan fingerprint density at radius 2 is 1.76 bits per heavy atom. The van der Waals surface area contributed by atoms with Crippen molar-refractivity contribution in [1.82, 2.24) is 5.32 Å². The lowest BCUT2D eigenvalue weighted by molar-refractivity contribution is 0.138. The first-order chi connectivity index (χ1) is 12.2. The van der Waals surface area contributed by atoms with Crippen molar-refractivity contribution in [2.75, 3.05) is 25.2 Å². The predicted molar refractivity (Wildman–Crippen MR) is 102 cm³/mol. The number of carbonyl (C=O) groups is 1.